The van der Waals surface area contributed by atoms with Gasteiger partial charge in [-0.15, -0.1) is 23.2 Å². The van der Waals surface area contributed by atoms with Gasteiger partial charge in [-0.25, -0.2) is 9.90 Å². The first kappa shape index (κ1) is 8.15. The summed E-state index contributed by atoms with van der Waals surface area (Å²) in [5, 5.41) is 10.3. The van der Waals surface area contributed by atoms with E-state index in [0.29, 0.717) is 0 Å². The summed E-state index contributed by atoms with van der Waals surface area (Å²) < 4.78 is -1.13. The largest absolute Gasteiger partial charge is 0.362 e. The van der Waals surface area contributed by atoms with E-state index >= 15 is 0 Å². The van der Waals surface area contributed by atoms with Crippen LogP contribution in [0.1, 0.15) is 13.8 Å². The molecule has 4 heteroatoms. The van der Waals surface area contributed by atoms with Gasteiger partial charge in [0.05, 0.1) is 0 Å². The standard InChI is InChI=1S/C6H7Cl2O2/c1-5(2)3(4(9)10)6(5,7)8/h3H,1-2H3. The Balaban J connectivity index is 2.81. The number of hydrogen-bond donors (Lipinski definition) is 0. The molecule has 1 saturated carbocycles. The summed E-state index contributed by atoms with van der Waals surface area (Å²) in [6.45, 7) is 3.40. The van der Waals surface area contributed by atoms with Crippen LogP contribution in [0.5, 0.6) is 0 Å². The monoisotopic (exact) mass is 181 g/mol. The second-order valence-electron chi connectivity index (χ2n) is 3.10. The van der Waals surface area contributed by atoms with E-state index in [-0.39, 0.29) is 0 Å². The molecule has 57 valence electrons. The quantitative estimate of drug-likeness (QED) is 0.569. The van der Waals surface area contributed by atoms with E-state index < -0.39 is 21.6 Å². The lowest BCUT2D eigenvalue weighted by Crippen LogP contribution is -2.02. The first-order valence-corrected chi connectivity index (χ1v) is 3.66. The van der Waals surface area contributed by atoms with Gasteiger partial charge in [-0.1, -0.05) is 13.8 Å². The van der Waals surface area contributed by atoms with Gasteiger partial charge in [-0.2, -0.15) is 0 Å². The average Bonchev–Trinajstić information content (AvgIpc) is 1.97. The molecule has 0 aromatic rings. The predicted octanol–water partition coefficient (Wildman–Crippen LogP) is 1.77. The van der Waals surface area contributed by atoms with Crippen LogP contribution < -0.4 is 0 Å². The van der Waals surface area contributed by atoms with Crippen molar-refractivity contribution in [3.05, 3.63) is 0 Å². The minimum absolute atomic E-state index is 0.547. The van der Waals surface area contributed by atoms with E-state index in [1.807, 2.05) is 0 Å². The summed E-state index contributed by atoms with van der Waals surface area (Å²) in [6, 6.07) is 0. The van der Waals surface area contributed by atoms with Gasteiger partial charge in [0.15, 0.2) is 0 Å². The topological polar surface area (TPSA) is 37.0 Å². The molecule has 0 bridgehead atoms. The Morgan fingerprint density at radius 2 is 1.70 bits per heavy atom. The van der Waals surface area contributed by atoms with Crippen LogP contribution in [0.2, 0.25) is 0 Å². The lowest BCUT2D eigenvalue weighted by Gasteiger charge is -1.98. The Kier molecular flexibility index (Phi) is 1.47. The fourth-order valence-electron chi connectivity index (χ4n) is 1.10. The number of carbonyl (C=O) groups excluding carboxylic acids is 1. The van der Waals surface area contributed by atoms with Crippen LogP contribution in [0.4, 0.5) is 0 Å². The number of carbonyl (C=O) groups is 1. The van der Waals surface area contributed by atoms with E-state index in [1.54, 1.807) is 13.8 Å². The highest BCUT2D eigenvalue weighted by molar-refractivity contribution is 6.53. The molecule has 0 aromatic heterocycles. The minimum atomic E-state index is -1.17. The van der Waals surface area contributed by atoms with Gasteiger partial charge < -0.3 is 0 Å². The van der Waals surface area contributed by atoms with Crippen molar-refractivity contribution in [1.82, 2.24) is 0 Å². The smallest absolute Gasteiger partial charge is 0.247 e. The Labute approximate surface area is 69.1 Å². The van der Waals surface area contributed by atoms with E-state index in [4.69, 9.17) is 23.2 Å². The molecule has 2 nitrogen and oxygen atoms in total. The summed E-state index contributed by atoms with van der Waals surface area (Å²) >= 11 is 11.3. The third-order valence-corrected chi connectivity index (χ3v) is 3.51. The Hall–Kier alpha value is 0.0500. The van der Waals surface area contributed by atoms with Crippen LogP contribution in [0.25, 0.3) is 0 Å². The fraction of sp³-hybridized carbons (Fsp3) is 0.833. The van der Waals surface area contributed by atoms with Gasteiger partial charge >= 0.3 is 5.97 Å². The molecule has 0 amide bonds. The maximum atomic E-state index is 10.3. The Morgan fingerprint density at radius 1 is 1.40 bits per heavy atom. The summed E-state index contributed by atoms with van der Waals surface area (Å²) in [5.41, 5.74) is -0.547. The molecule has 1 aliphatic rings. The third-order valence-electron chi connectivity index (χ3n) is 2.10. The molecule has 1 aliphatic carbocycles. The zero-order valence-corrected chi connectivity index (χ0v) is 7.16. The van der Waals surface area contributed by atoms with Crippen LogP contribution in [-0.2, 0) is 9.90 Å². The van der Waals surface area contributed by atoms with Gasteiger partial charge in [0.2, 0.25) is 0 Å². The number of alkyl halides is 2. The zero-order chi connectivity index (χ0) is 8.15. The molecule has 0 saturated heterocycles. The van der Waals surface area contributed by atoms with Crippen LogP contribution in [0.3, 0.4) is 0 Å². The SMILES string of the molecule is CC1(C)C(C([O])=O)C1(Cl)Cl. The van der Waals surface area contributed by atoms with Gasteiger partial charge in [-0.3, -0.25) is 0 Å². The van der Waals surface area contributed by atoms with Crippen LogP contribution >= 0.6 is 23.2 Å². The Bertz CT molecular complexity index is 172. The van der Waals surface area contributed by atoms with Crippen molar-refractivity contribution >= 4 is 29.2 Å². The van der Waals surface area contributed by atoms with Crippen LogP contribution in [0.15, 0.2) is 0 Å². The molecule has 1 rings (SSSR count). The molecule has 0 aromatic carbocycles. The number of halogens is 2. The normalized spacial score (nSPS) is 33.4. The van der Waals surface area contributed by atoms with E-state index in [9.17, 15) is 9.90 Å². The van der Waals surface area contributed by atoms with Gasteiger partial charge in [-0.05, 0) is 0 Å². The highest BCUT2D eigenvalue weighted by Gasteiger charge is 2.74. The first-order chi connectivity index (χ1) is 4.32. The van der Waals surface area contributed by atoms with E-state index in [2.05, 4.69) is 0 Å². The summed E-state index contributed by atoms with van der Waals surface area (Å²) in [5.74, 6) is -1.90. The molecule has 0 aliphatic heterocycles. The van der Waals surface area contributed by atoms with Crippen molar-refractivity contribution in [2.45, 2.75) is 18.2 Å². The van der Waals surface area contributed by atoms with Crippen molar-refractivity contribution in [2.75, 3.05) is 0 Å². The molecule has 1 atom stereocenters. The number of hydrogen-bond acceptors (Lipinski definition) is 1. The highest BCUT2D eigenvalue weighted by atomic mass is 35.5. The minimum Gasteiger partial charge on any atom is -0.247 e. The molecular formula is C6H7Cl2O2. The lowest BCUT2D eigenvalue weighted by molar-refractivity contribution is -0.145. The summed E-state index contributed by atoms with van der Waals surface area (Å²) in [4.78, 5) is 10.3. The molecule has 0 spiro atoms. The molecule has 0 N–H and O–H groups in total. The molecule has 1 fully saturated rings. The maximum absolute atomic E-state index is 10.3. The molecule has 0 heterocycles. The van der Waals surface area contributed by atoms with Crippen molar-refractivity contribution in [3.8, 4) is 0 Å². The van der Waals surface area contributed by atoms with Gasteiger partial charge in [0.1, 0.15) is 10.3 Å². The molecule has 1 unspecified atom stereocenters. The highest BCUT2D eigenvalue weighted by Crippen LogP contribution is 2.68. The van der Waals surface area contributed by atoms with Crippen LogP contribution in [-0.4, -0.2) is 10.3 Å². The second-order valence-corrected chi connectivity index (χ2v) is 4.48. The predicted molar refractivity (Wildman–Crippen MR) is 37.4 cm³/mol. The van der Waals surface area contributed by atoms with Crippen molar-refractivity contribution in [1.29, 1.82) is 0 Å². The average molecular weight is 182 g/mol. The van der Waals surface area contributed by atoms with Crippen molar-refractivity contribution in [2.24, 2.45) is 11.3 Å². The number of rotatable bonds is 1. The zero-order valence-electron chi connectivity index (χ0n) is 5.65. The lowest BCUT2D eigenvalue weighted by atomic mass is 10.1. The molecule has 1 radical (unpaired) electrons. The molecule has 10 heavy (non-hydrogen) atoms. The van der Waals surface area contributed by atoms with Crippen molar-refractivity contribution in [3.63, 3.8) is 0 Å². The van der Waals surface area contributed by atoms with E-state index in [1.165, 1.54) is 0 Å². The van der Waals surface area contributed by atoms with Gasteiger partial charge in [0.25, 0.3) is 0 Å². The van der Waals surface area contributed by atoms with Gasteiger partial charge in [0, 0.05) is 5.41 Å². The first-order valence-electron chi connectivity index (χ1n) is 2.90. The maximum Gasteiger partial charge on any atom is 0.362 e. The fourth-order valence-corrected chi connectivity index (χ4v) is 1.93. The van der Waals surface area contributed by atoms with Crippen LogP contribution in [0, 0.1) is 11.3 Å². The third kappa shape index (κ3) is 0.753. The Morgan fingerprint density at radius 3 is 1.70 bits per heavy atom. The summed E-state index contributed by atoms with van der Waals surface area (Å²) in [7, 11) is 0. The molecular weight excluding hydrogens is 175 g/mol. The second kappa shape index (κ2) is 1.80. The van der Waals surface area contributed by atoms with Crippen molar-refractivity contribution < 1.29 is 9.90 Å². The van der Waals surface area contributed by atoms with E-state index in [0.717, 1.165) is 0 Å². The summed E-state index contributed by atoms with van der Waals surface area (Å²) in [6.07, 6.45) is 0.